The van der Waals surface area contributed by atoms with E-state index in [1.165, 1.54) is 0 Å². The molecule has 0 aromatic heterocycles. The Bertz CT molecular complexity index is 306. The van der Waals surface area contributed by atoms with Crippen LogP contribution in [-0.4, -0.2) is 30.8 Å². The predicted molar refractivity (Wildman–Crippen MR) is 83.7 cm³/mol. The first-order chi connectivity index (χ1) is 9.95. The third-order valence-electron chi connectivity index (χ3n) is 4.37. The van der Waals surface area contributed by atoms with Gasteiger partial charge in [0.25, 0.3) is 0 Å². The third kappa shape index (κ3) is 6.35. The van der Waals surface area contributed by atoms with E-state index in [-0.39, 0.29) is 24.2 Å². The number of hydrogen-bond acceptors (Lipinski definition) is 3. The van der Waals surface area contributed by atoms with Crippen LogP contribution in [0.5, 0.6) is 0 Å². The molecule has 0 amide bonds. The van der Waals surface area contributed by atoms with E-state index in [1.807, 2.05) is 6.92 Å². The van der Waals surface area contributed by atoms with Crippen molar-refractivity contribution < 1.29 is 20.0 Å². The van der Waals surface area contributed by atoms with E-state index < -0.39 is 0 Å². The number of hydrogen-bond donors (Lipinski definition) is 1. The lowest BCUT2D eigenvalue weighted by Crippen LogP contribution is -2.65. The minimum absolute atomic E-state index is 0.0829. The van der Waals surface area contributed by atoms with Gasteiger partial charge in [-0.15, -0.1) is 0 Å². The Balaban J connectivity index is 2.79. The maximum absolute atomic E-state index is 12.0. The van der Waals surface area contributed by atoms with Crippen molar-refractivity contribution in [1.82, 2.24) is 0 Å². The first-order valence-corrected chi connectivity index (χ1v) is 8.60. The number of carbonyl (C=O) groups excluding carboxylic acids is 1. The highest BCUT2D eigenvalue weighted by molar-refractivity contribution is 5.74. The van der Waals surface area contributed by atoms with Crippen molar-refractivity contribution in [2.75, 3.05) is 6.61 Å². The van der Waals surface area contributed by atoms with E-state index in [9.17, 15) is 4.79 Å². The highest BCUT2D eigenvalue weighted by Crippen LogP contribution is 2.28. The molecule has 4 nitrogen and oxygen atoms in total. The molecule has 3 N–H and O–H groups in total. The first kappa shape index (κ1) is 18.4. The van der Waals surface area contributed by atoms with Gasteiger partial charge < -0.3 is 15.2 Å². The fraction of sp³-hybridized carbons (Fsp3) is 0.941. The molecule has 1 aliphatic rings. The van der Waals surface area contributed by atoms with Crippen LogP contribution in [0.25, 0.3) is 0 Å². The lowest BCUT2D eigenvalue weighted by atomic mass is 9.86. The maximum Gasteiger partial charge on any atom is 0.365 e. The third-order valence-corrected chi connectivity index (χ3v) is 4.37. The van der Waals surface area contributed by atoms with Crippen molar-refractivity contribution in [1.29, 1.82) is 0 Å². The van der Waals surface area contributed by atoms with Gasteiger partial charge in [-0.3, -0.25) is 0 Å². The van der Waals surface area contributed by atoms with Crippen LogP contribution in [0.2, 0.25) is 0 Å². The summed E-state index contributed by atoms with van der Waals surface area (Å²) in [5.41, 5.74) is 3.93. The molecule has 21 heavy (non-hydrogen) atoms. The second-order valence-corrected chi connectivity index (χ2v) is 6.81. The summed E-state index contributed by atoms with van der Waals surface area (Å²) in [6.45, 7) is 9.41. The van der Waals surface area contributed by atoms with Gasteiger partial charge in [-0.2, -0.15) is 0 Å². The van der Waals surface area contributed by atoms with E-state index in [2.05, 4.69) is 26.5 Å². The van der Waals surface area contributed by atoms with Gasteiger partial charge in [0.05, 0.1) is 6.10 Å². The summed E-state index contributed by atoms with van der Waals surface area (Å²) in [6.07, 6.45) is 6.15. The Labute approximate surface area is 129 Å². The minimum Gasteiger partial charge on any atom is -0.458 e. The standard InChI is InChI=1S/C17H33NO3/c1-5-11-20-16-8-6-7-15(18)17(19)21-13(4)14(16)10-9-12(2)3/h12-16H,5-11,18H2,1-4H3/p+1/t13-,14-,15-,16-/m0/s1. The molecule has 0 aromatic carbocycles. The van der Waals surface area contributed by atoms with Crippen LogP contribution in [0, 0.1) is 11.8 Å². The van der Waals surface area contributed by atoms with E-state index in [4.69, 9.17) is 9.47 Å². The molecule has 0 aromatic rings. The van der Waals surface area contributed by atoms with Crippen molar-refractivity contribution in [3.8, 4) is 0 Å². The Morgan fingerprint density at radius 3 is 2.71 bits per heavy atom. The van der Waals surface area contributed by atoms with Gasteiger partial charge in [-0.05, 0) is 38.5 Å². The molecule has 1 heterocycles. The zero-order chi connectivity index (χ0) is 15.8. The van der Waals surface area contributed by atoms with Gasteiger partial charge in [0.2, 0.25) is 0 Å². The van der Waals surface area contributed by atoms with Gasteiger partial charge in [0.15, 0.2) is 6.04 Å². The fourth-order valence-corrected chi connectivity index (χ4v) is 2.99. The van der Waals surface area contributed by atoms with Crippen molar-refractivity contribution in [2.45, 2.75) is 84.5 Å². The van der Waals surface area contributed by atoms with Gasteiger partial charge in [0, 0.05) is 18.9 Å². The molecule has 0 unspecified atom stereocenters. The Morgan fingerprint density at radius 1 is 1.38 bits per heavy atom. The van der Waals surface area contributed by atoms with Gasteiger partial charge >= 0.3 is 5.97 Å². The first-order valence-electron chi connectivity index (χ1n) is 8.60. The smallest absolute Gasteiger partial charge is 0.365 e. The normalized spacial score (nSPS) is 31.4. The van der Waals surface area contributed by atoms with Gasteiger partial charge in [-0.1, -0.05) is 27.2 Å². The summed E-state index contributed by atoms with van der Waals surface area (Å²) in [5.74, 6) is 0.814. The topological polar surface area (TPSA) is 63.2 Å². The zero-order valence-corrected chi connectivity index (χ0v) is 14.3. The van der Waals surface area contributed by atoms with Crippen molar-refractivity contribution in [3.05, 3.63) is 0 Å². The molecule has 0 saturated carbocycles. The van der Waals surface area contributed by atoms with E-state index in [1.54, 1.807) is 0 Å². The van der Waals surface area contributed by atoms with Crippen molar-refractivity contribution >= 4 is 5.97 Å². The number of carbonyl (C=O) groups is 1. The number of ether oxygens (including phenoxy) is 2. The van der Waals surface area contributed by atoms with E-state index >= 15 is 0 Å². The second kappa shape index (κ2) is 9.42. The molecular formula is C17H34NO3+. The Hall–Kier alpha value is -0.610. The lowest BCUT2D eigenvalue weighted by Gasteiger charge is -2.31. The molecule has 0 aliphatic carbocycles. The molecule has 1 saturated heterocycles. The van der Waals surface area contributed by atoms with Crippen LogP contribution in [0.1, 0.15) is 66.2 Å². The molecule has 0 radical (unpaired) electrons. The molecule has 1 aliphatic heterocycles. The number of esters is 1. The highest BCUT2D eigenvalue weighted by atomic mass is 16.5. The number of rotatable bonds is 6. The summed E-state index contributed by atoms with van der Waals surface area (Å²) in [7, 11) is 0. The van der Waals surface area contributed by atoms with E-state index in [0.29, 0.717) is 11.8 Å². The van der Waals surface area contributed by atoms with Crippen molar-refractivity contribution in [2.24, 2.45) is 11.8 Å². The predicted octanol–water partition coefficient (Wildman–Crippen LogP) is 2.56. The summed E-state index contributed by atoms with van der Waals surface area (Å²) < 4.78 is 11.8. The summed E-state index contributed by atoms with van der Waals surface area (Å²) >= 11 is 0. The van der Waals surface area contributed by atoms with Crippen LogP contribution < -0.4 is 5.73 Å². The SMILES string of the molecule is CCCO[C@H]1CCC[C@H]([NH3+])C(=O)O[C@@H](C)[C@@H]1CCC(C)C. The second-order valence-electron chi connectivity index (χ2n) is 6.81. The molecule has 4 heteroatoms. The molecule has 0 bridgehead atoms. The highest BCUT2D eigenvalue weighted by Gasteiger charge is 2.33. The summed E-state index contributed by atoms with van der Waals surface area (Å²) in [4.78, 5) is 12.0. The Morgan fingerprint density at radius 2 is 2.10 bits per heavy atom. The average Bonchev–Trinajstić information content (AvgIpc) is 2.46. The van der Waals surface area contributed by atoms with E-state index in [0.717, 1.165) is 45.1 Å². The number of quaternary nitrogens is 1. The van der Waals surface area contributed by atoms with Gasteiger partial charge in [0.1, 0.15) is 6.10 Å². The molecule has 124 valence electrons. The summed E-state index contributed by atoms with van der Waals surface area (Å²) in [6, 6.07) is -0.233. The zero-order valence-electron chi connectivity index (χ0n) is 14.3. The van der Waals surface area contributed by atoms with Crippen LogP contribution in [0.15, 0.2) is 0 Å². The quantitative estimate of drug-likeness (QED) is 0.767. The molecule has 1 fully saturated rings. The molecule has 0 spiro atoms. The van der Waals surface area contributed by atoms with Crippen LogP contribution in [0.4, 0.5) is 0 Å². The van der Waals surface area contributed by atoms with Crippen LogP contribution in [0.3, 0.4) is 0 Å². The fourth-order valence-electron chi connectivity index (χ4n) is 2.99. The molecule has 4 atom stereocenters. The minimum atomic E-state index is -0.233. The van der Waals surface area contributed by atoms with Crippen LogP contribution >= 0.6 is 0 Å². The molecule has 1 rings (SSSR count). The van der Waals surface area contributed by atoms with Gasteiger partial charge in [-0.25, -0.2) is 4.79 Å². The maximum atomic E-state index is 12.0. The Kier molecular flexibility index (Phi) is 8.27. The lowest BCUT2D eigenvalue weighted by molar-refractivity contribution is -0.410. The molecular weight excluding hydrogens is 266 g/mol. The average molecular weight is 300 g/mol. The van der Waals surface area contributed by atoms with Crippen molar-refractivity contribution in [3.63, 3.8) is 0 Å². The van der Waals surface area contributed by atoms with Crippen LogP contribution in [-0.2, 0) is 14.3 Å². The number of cyclic esters (lactones) is 1. The summed E-state index contributed by atoms with van der Waals surface area (Å²) in [5, 5.41) is 0. The largest absolute Gasteiger partial charge is 0.458 e. The monoisotopic (exact) mass is 300 g/mol.